The Labute approximate surface area is 249 Å². The average molecular weight is 573 g/mol. The van der Waals surface area contributed by atoms with Gasteiger partial charge in [-0.3, -0.25) is 9.88 Å². The van der Waals surface area contributed by atoms with Crippen LogP contribution in [0.1, 0.15) is 37.0 Å². The van der Waals surface area contributed by atoms with Gasteiger partial charge in [-0.1, -0.05) is 12.1 Å². The van der Waals surface area contributed by atoms with Gasteiger partial charge in [0.2, 0.25) is 5.88 Å². The monoisotopic (exact) mass is 572 g/mol. The van der Waals surface area contributed by atoms with Crippen molar-refractivity contribution in [3.63, 3.8) is 0 Å². The maximum atomic E-state index is 10.3. The molecule has 10 nitrogen and oxygen atoms in total. The number of fused-ring (bicyclic) bond motifs is 3. The number of methoxy groups -OCH3 is 1. The summed E-state index contributed by atoms with van der Waals surface area (Å²) in [4.78, 5) is 18.8. The van der Waals surface area contributed by atoms with E-state index in [0.29, 0.717) is 23.5 Å². The number of piperidine rings is 1. The fraction of sp³-hybridized carbons (Fsp3) is 0.303. The number of nitriles is 1. The van der Waals surface area contributed by atoms with Crippen LogP contribution in [0.3, 0.4) is 0 Å². The van der Waals surface area contributed by atoms with Crippen molar-refractivity contribution in [2.75, 3.05) is 25.1 Å². The number of pyridine rings is 4. The summed E-state index contributed by atoms with van der Waals surface area (Å²) in [5.41, 5.74) is 5.55. The van der Waals surface area contributed by atoms with Crippen LogP contribution in [0.4, 0.5) is 5.82 Å². The number of aliphatic hydroxyl groups is 1. The van der Waals surface area contributed by atoms with Crippen molar-refractivity contribution >= 4 is 11.3 Å². The van der Waals surface area contributed by atoms with Gasteiger partial charge in [-0.05, 0) is 50.1 Å². The lowest BCUT2D eigenvalue weighted by Crippen LogP contribution is -2.68. The van der Waals surface area contributed by atoms with Gasteiger partial charge in [0.05, 0.1) is 35.7 Å². The molecule has 0 radical (unpaired) electrons. The predicted molar refractivity (Wildman–Crippen MR) is 162 cm³/mol. The Hall–Kier alpha value is -4.85. The molecule has 43 heavy (non-hydrogen) atoms. The number of rotatable bonds is 7. The van der Waals surface area contributed by atoms with Crippen LogP contribution >= 0.6 is 0 Å². The smallest absolute Gasteiger partial charge is 0.212 e. The molecule has 8 rings (SSSR count). The molecule has 3 aliphatic heterocycles. The van der Waals surface area contributed by atoms with E-state index < -0.39 is 5.60 Å². The van der Waals surface area contributed by atoms with E-state index in [0.717, 1.165) is 58.9 Å². The van der Waals surface area contributed by atoms with Crippen molar-refractivity contribution in [3.8, 4) is 34.3 Å². The van der Waals surface area contributed by atoms with E-state index in [4.69, 9.17) is 9.72 Å². The number of hydrogen-bond donors (Lipinski definition) is 1. The van der Waals surface area contributed by atoms with E-state index in [1.54, 1.807) is 37.9 Å². The summed E-state index contributed by atoms with van der Waals surface area (Å²) in [6.07, 6.45) is 10.1. The largest absolute Gasteiger partial charge is 0.481 e. The minimum absolute atomic E-state index is 0.485. The van der Waals surface area contributed by atoms with Gasteiger partial charge in [0, 0.05) is 84.8 Å². The van der Waals surface area contributed by atoms with Crippen LogP contribution in [0.15, 0.2) is 73.4 Å². The molecule has 216 valence electrons. The SMILES string of the molecule is COc1ccc(CN2C3CC2CN(c2ccc(-c4cc(-c5ccc(C(C)(C)O)cn5)cn5ncc(C#N)c45)cn2)C3)cn1. The number of ether oxygens (including phenoxy) is 1. The van der Waals surface area contributed by atoms with Gasteiger partial charge < -0.3 is 14.7 Å². The summed E-state index contributed by atoms with van der Waals surface area (Å²) in [7, 11) is 1.63. The van der Waals surface area contributed by atoms with Crippen molar-refractivity contribution in [1.29, 1.82) is 5.26 Å². The molecule has 5 aromatic heterocycles. The van der Waals surface area contributed by atoms with E-state index in [9.17, 15) is 10.4 Å². The molecule has 0 aromatic carbocycles. The second-order valence-electron chi connectivity index (χ2n) is 11.8. The van der Waals surface area contributed by atoms with E-state index in [1.807, 2.05) is 42.9 Å². The second kappa shape index (κ2) is 10.5. The quantitative estimate of drug-likeness (QED) is 0.302. The molecule has 0 spiro atoms. The van der Waals surface area contributed by atoms with E-state index in [2.05, 4.69) is 49.1 Å². The molecule has 3 saturated heterocycles. The molecular weight excluding hydrogens is 540 g/mol. The third-order valence-electron chi connectivity index (χ3n) is 8.60. The van der Waals surface area contributed by atoms with Gasteiger partial charge >= 0.3 is 0 Å². The highest BCUT2D eigenvalue weighted by atomic mass is 16.5. The van der Waals surface area contributed by atoms with Gasteiger partial charge in [0.25, 0.3) is 0 Å². The first kappa shape index (κ1) is 27.0. The first-order chi connectivity index (χ1) is 20.8. The van der Waals surface area contributed by atoms with Crippen LogP contribution in [0.2, 0.25) is 0 Å². The highest BCUT2D eigenvalue weighted by Crippen LogP contribution is 2.37. The van der Waals surface area contributed by atoms with Crippen LogP contribution in [0.5, 0.6) is 5.88 Å². The minimum atomic E-state index is -0.973. The maximum Gasteiger partial charge on any atom is 0.212 e. The summed E-state index contributed by atoms with van der Waals surface area (Å²) >= 11 is 0. The van der Waals surface area contributed by atoms with Crippen molar-refractivity contribution in [2.45, 2.75) is 44.5 Å². The highest BCUT2D eigenvalue weighted by Gasteiger charge is 2.44. The molecule has 2 unspecified atom stereocenters. The number of nitrogens with zero attached hydrogens (tertiary/aromatic N) is 8. The lowest BCUT2D eigenvalue weighted by Gasteiger charge is -2.56. The third kappa shape index (κ3) is 4.96. The topological polar surface area (TPSA) is 116 Å². The maximum absolute atomic E-state index is 10.3. The molecule has 2 bridgehead atoms. The van der Waals surface area contributed by atoms with Crippen molar-refractivity contribution in [1.82, 2.24) is 29.5 Å². The molecule has 1 N–H and O–H groups in total. The lowest BCUT2D eigenvalue weighted by atomic mass is 9.87. The number of anilines is 1. The molecule has 0 aliphatic carbocycles. The highest BCUT2D eigenvalue weighted by molar-refractivity contribution is 5.87. The Bertz CT molecular complexity index is 1810. The normalized spacial score (nSPS) is 18.3. The molecule has 3 fully saturated rings. The average Bonchev–Trinajstić information content (AvgIpc) is 3.46. The van der Waals surface area contributed by atoms with Crippen LogP contribution in [0.25, 0.3) is 27.9 Å². The Morgan fingerprint density at radius 1 is 0.977 bits per heavy atom. The zero-order valence-corrected chi connectivity index (χ0v) is 24.3. The third-order valence-corrected chi connectivity index (χ3v) is 8.60. The van der Waals surface area contributed by atoms with Gasteiger partial charge in [0.1, 0.15) is 11.9 Å². The Morgan fingerprint density at radius 3 is 2.44 bits per heavy atom. The van der Waals surface area contributed by atoms with Crippen molar-refractivity contribution in [3.05, 3.63) is 90.1 Å². The summed E-state index contributed by atoms with van der Waals surface area (Å²) in [6, 6.07) is 17.2. The predicted octanol–water partition coefficient (Wildman–Crippen LogP) is 4.42. The fourth-order valence-electron chi connectivity index (χ4n) is 6.19. The number of aromatic nitrogens is 5. The lowest BCUT2D eigenvalue weighted by molar-refractivity contribution is -0.00876. The Morgan fingerprint density at radius 2 is 1.81 bits per heavy atom. The van der Waals surface area contributed by atoms with Gasteiger partial charge in [-0.15, -0.1) is 0 Å². The molecule has 5 aromatic rings. The Balaban J connectivity index is 1.13. The van der Waals surface area contributed by atoms with Gasteiger partial charge in [0.15, 0.2) is 0 Å². The summed E-state index contributed by atoms with van der Waals surface area (Å²) in [5.74, 6) is 1.59. The molecule has 0 saturated carbocycles. The molecule has 2 atom stereocenters. The van der Waals surface area contributed by atoms with E-state index in [-0.39, 0.29) is 0 Å². The first-order valence-corrected chi connectivity index (χ1v) is 14.4. The molecule has 0 amide bonds. The van der Waals surface area contributed by atoms with E-state index >= 15 is 0 Å². The van der Waals surface area contributed by atoms with Crippen molar-refractivity contribution < 1.29 is 9.84 Å². The van der Waals surface area contributed by atoms with Crippen LogP contribution in [-0.2, 0) is 12.1 Å². The molecule has 3 aliphatic rings. The number of piperazine rings is 1. The second-order valence-corrected chi connectivity index (χ2v) is 11.8. The molecule has 8 heterocycles. The fourth-order valence-corrected chi connectivity index (χ4v) is 6.19. The summed E-state index contributed by atoms with van der Waals surface area (Å²) in [5, 5.41) is 24.6. The molecule has 10 heteroatoms. The zero-order chi connectivity index (χ0) is 29.7. The summed E-state index contributed by atoms with van der Waals surface area (Å²) < 4.78 is 6.92. The van der Waals surface area contributed by atoms with Gasteiger partial charge in [-0.2, -0.15) is 10.4 Å². The van der Waals surface area contributed by atoms with Crippen molar-refractivity contribution in [2.24, 2.45) is 0 Å². The standard InChI is InChI=1S/C33H32N8O2/c1-33(2,42)25-6-7-29(35-16-25)23-10-28(32-24(12-34)15-38-41(32)18-23)22-5-8-30(36-14-22)39-19-26-11-27(20-39)40(26)17-21-4-9-31(43-3)37-13-21/h4-10,13-16,18,26-27,42H,11,17,19-20H2,1-3H3. The van der Waals surface area contributed by atoms with E-state index in [1.165, 1.54) is 12.0 Å². The summed E-state index contributed by atoms with van der Waals surface area (Å²) in [6.45, 7) is 6.22. The first-order valence-electron chi connectivity index (χ1n) is 14.4. The zero-order valence-electron chi connectivity index (χ0n) is 24.3. The molecular formula is C33H32N8O2. The van der Waals surface area contributed by atoms with Gasteiger partial charge in [-0.25, -0.2) is 14.5 Å². The van der Waals surface area contributed by atoms with Crippen LogP contribution in [0, 0.1) is 11.3 Å². The van der Waals surface area contributed by atoms with Crippen LogP contribution in [-0.4, -0.2) is 66.9 Å². The Kier molecular flexibility index (Phi) is 6.57. The minimum Gasteiger partial charge on any atom is -0.481 e. The number of hydrogen-bond acceptors (Lipinski definition) is 9. The van der Waals surface area contributed by atoms with Crippen LogP contribution < -0.4 is 9.64 Å².